The van der Waals surface area contributed by atoms with Gasteiger partial charge in [-0.05, 0) is 63.1 Å². The first-order valence-corrected chi connectivity index (χ1v) is 13.0. The summed E-state index contributed by atoms with van der Waals surface area (Å²) in [4.78, 5) is 21.0. The molecule has 0 spiro atoms. The van der Waals surface area contributed by atoms with Crippen molar-refractivity contribution in [3.63, 3.8) is 0 Å². The number of para-hydroxylation sites is 1. The predicted molar refractivity (Wildman–Crippen MR) is 144 cm³/mol. The zero-order chi connectivity index (χ0) is 24.3. The second kappa shape index (κ2) is 8.94. The highest BCUT2D eigenvalue weighted by Gasteiger charge is 2.39. The van der Waals surface area contributed by atoms with Crippen LogP contribution >= 0.6 is 34.8 Å². The fourth-order valence-corrected chi connectivity index (χ4v) is 6.70. The van der Waals surface area contributed by atoms with Gasteiger partial charge in [-0.3, -0.25) is 14.3 Å². The molecule has 2 unspecified atom stereocenters. The summed E-state index contributed by atoms with van der Waals surface area (Å²) in [6, 6.07) is 19.5. The van der Waals surface area contributed by atoms with Crippen molar-refractivity contribution >= 4 is 45.7 Å². The van der Waals surface area contributed by atoms with E-state index in [2.05, 4.69) is 18.0 Å². The Bertz CT molecular complexity index is 1480. The van der Waals surface area contributed by atoms with Crippen LogP contribution in [-0.4, -0.2) is 33.6 Å². The molecule has 2 bridgehead atoms. The summed E-state index contributed by atoms with van der Waals surface area (Å²) in [5.74, 6) is 0.305. The number of benzene rings is 2. The molecule has 2 aromatic carbocycles. The highest BCUT2D eigenvalue weighted by atomic mass is 35.5. The van der Waals surface area contributed by atoms with Crippen molar-refractivity contribution in [2.45, 2.75) is 43.7 Å². The smallest absolute Gasteiger partial charge is 0.255 e. The molecule has 0 saturated carbocycles. The van der Waals surface area contributed by atoms with Gasteiger partial charge >= 0.3 is 0 Å². The summed E-state index contributed by atoms with van der Waals surface area (Å²) in [5.41, 5.74) is 3.62. The zero-order valence-corrected chi connectivity index (χ0v) is 21.5. The van der Waals surface area contributed by atoms with E-state index in [1.807, 2.05) is 30.3 Å². The second-order valence-electron chi connectivity index (χ2n) is 9.60. The Balaban J connectivity index is 1.65. The Morgan fingerprint density at radius 2 is 1.51 bits per heavy atom. The first-order chi connectivity index (χ1) is 16.9. The van der Waals surface area contributed by atoms with E-state index in [-0.39, 0.29) is 5.56 Å². The minimum Gasteiger partial charge on any atom is -0.300 e. The van der Waals surface area contributed by atoms with E-state index in [9.17, 15) is 4.79 Å². The van der Waals surface area contributed by atoms with E-state index >= 15 is 0 Å². The van der Waals surface area contributed by atoms with Crippen molar-refractivity contribution in [3.8, 4) is 16.9 Å². The van der Waals surface area contributed by atoms with Crippen LogP contribution in [0.2, 0.25) is 15.1 Å². The number of nitrogens with zero attached hydrogens (tertiary/aromatic N) is 3. The van der Waals surface area contributed by atoms with Crippen LogP contribution < -0.4 is 5.56 Å². The Labute approximate surface area is 219 Å². The normalized spacial score (nSPS) is 22.1. The lowest BCUT2D eigenvalue weighted by Crippen LogP contribution is -2.39. The molecule has 0 radical (unpaired) electrons. The Morgan fingerprint density at radius 1 is 0.857 bits per heavy atom. The molecule has 4 heterocycles. The highest BCUT2D eigenvalue weighted by Crippen LogP contribution is 2.43. The van der Waals surface area contributed by atoms with Crippen LogP contribution in [0.5, 0.6) is 0 Å². The molecule has 178 valence electrons. The topological polar surface area (TPSA) is 38.1 Å². The van der Waals surface area contributed by atoms with E-state index in [1.165, 1.54) is 12.8 Å². The first-order valence-electron chi connectivity index (χ1n) is 11.9. The molecule has 2 aliphatic heterocycles. The average molecular weight is 525 g/mol. The Hall–Kier alpha value is -2.37. The number of pyridine rings is 2. The van der Waals surface area contributed by atoms with Gasteiger partial charge in [0.2, 0.25) is 0 Å². The van der Waals surface area contributed by atoms with Gasteiger partial charge < -0.3 is 4.90 Å². The summed E-state index contributed by atoms with van der Waals surface area (Å²) in [6.07, 6.45) is 4.56. The van der Waals surface area contributed by atoms with Crippen LogP contribution in [-0.2, 0) is 0 Å². The second-order valence-corrected chi connectivity index (χ2v) is 10.8. The van der Waals surface area contributed by atoms with Crippen molar-refractivity contribution in [2.24, 2.45) is 0 Å². The average Bonchev–Trinajstić information content (AvgIpc) is 3.04. The van der Waals surface area contributed by atoms with E-state index in [0.717, 1.165) is 40.7 Å². The number of piperidine rings is 1. The molecule has 4 aromatic rings. The molecule has 35 heavy (non-hydrogen) atoms. The lowest BCUT2D eigenvalue weighted by Gasteiger charge is -2.36. The summed E-state index contributed by atoms with van der Waals surface area (Å²) in [7, 11) is 2.23. The molecule has 4 nitrogen and oxygen atoms in total. The highest BCUT2D eigenvalue weighted by molar-refractivity contribution is 6.38. The number of rotatable bonds is 3. The van der Waals surface area contributed by atoms with Gasteiger partial charge in [-0.15, -0.1) is 0 Å². The minimum atomic E-state index is -0.196. The maximum absolute atomic E-state index is 13.3. The zero-order valence-electron chi connectivity index (χ0n) is 19.2. The van der Waals surface area contributed by atoms with Crippen LogP contribution in [0.25, 0.3) is 27.8 Å². The van der Waals surface area contributed by atoms with E-state index in [0.29, 0.717) is 38.8 Å². The van der Waals surface area contributed by atoms with E-state index in [4.69, 9.17) is 39.8 Å². The van der Waals surface area contributed by atoms with Gasteiger partial charge in [-0.1, -0.05) is 59.1 Å². The maximum Gasteiger partial charge on any atom is 0.255 e. The molecule has 2 atom stereocenters. The molecule has 0 N–H and O–H groups in total. The summed E-state index contributed by atoms with van der Waals surface area (Å²) in [6.45, 7) is 0. The number of fused-ring (bicyclic) bond motifs is 3. The fraction of sp³-hybridized carbons (Fsp3) is 0.286. The monoisotopic (exact) mass is 523 g/mol. The van der Waals surface area contributed by atoms with Crippen LogP contribution in [0.1, 0.15) is 37.3 Å². The molecule has 6 rings (SSSR count). The van der Waals surface area contributed by atoms with Crippen molar-refractivity contribution < 1.29 is 0 Å². The van der Waals surface area contributed by atoms with Gasteiger partial charge in [0, 0.05) is 45.7 Å². The summed E-state index contributed by atoms with van der Waals surface area (Å²) >= 11 is 19.8. The van der Waals surface area contributed by atoms with Gasteiger partial charge in [-0.2, -0.15) is 0 Å². The molecular formula is C28H24Cl3N3O. The number of hydrogen-bond donors (Lipinski definition) is 0. The van der Waals surface area contributed by atoms with Crippen molar-refractivity contribution in [1.82, 2.24) is 14.5 Å². The van der Waals surface area contributed by atoms with Gasteiger partial charge in [0.05, 0.1) is 26.9 Å². The third kappa shape index (κ3) is 3.88. The molecule has 7 heteroatoms. The minimum absolute atomic E-state index is 0.196. The van der Waals surface area contributed by atoms with E-state index < -0.39 is 0 Å². The van der Waals surface area contributed by atoms with Gasteiger partial charge in [0.1, 0.15) is 0 Å². The first kappa shape index (κ1) is 23.1. The number of hydrogen-bond acceptors (Lipinski definition) is 3. The van der Waals surface area contributed by atoms with E-state index in [1.54, 1.807) is 28.8 Å². The third-order valence-corrected chi connectivity index (χ3v) is 8.66. The largest absolute Gasteiger partial charge is 0.300 e. The summed E-state index contributed by atoms with van der Waals surface area (Å²) < 4.78 is 1.62. The lowest BCUT2D eigenvalue weighted by atomic mass is 9.87. The number of aromatic nitrogens is 2. The van der Waals surface area contributed by atoms with Crippen LogP contribution in [0.4, 0.5) is 0 Å². The van der Waals surface area contributed by atoms with Crippen molar-refractivity contribution in [3.05, 3.63) is 91.8 Å². The molecule has 0 amide bonds. The van der Waals surface area contributed by atoms with Gasteiger partial charge in [0.25, 0.3) is 5.56 Å². The molecular weight excluding hydrogens is 501 g/mol. The Kier molecular flexibility index (Phi) is 5.89. The van der Waals surface area contributed by atoms with Crippen LogP contribution in [0, 0.1) is 0 Å². The molecule has 2 saturated heterocycles. The molecule has 2 fully saturated rings. The Morgan fingerprint density at radius 3 is 2.20 bits per heavy atom. The standard InChI is InChI=1S/C28H24Cl3N3O/c1-33-17-9-10-18(33)14-16(13-17)24-15-25-20(27(32-24)19-5-2-3-6-21(19)29)11-12-26(35)34(25)28-22(30)7-4-8-23(28)31/h2-8,11-12,15-18H,9-10,13-14H2,1H3. The van der Waals surface area contributed by atoms with Crippen LogP contribution in [0.15, 0.2) is 65.5 Å². The molecule has 2 aromatic heterocycles. The predicted octanol–water partition coefficient (Wildman–Crippen LogP) is 7.35. The fourth-order valence-electron chi connectivity index (χ4n) is 5.91. The van der Waals surface area contributed by atoms with Crippen molar-refractivity contribution in [2.75, 3.05) is 7.05 Å². The quantitative estimate of drug-likeness (QED) is 0.281. The summed E-state index contributed by atoms with van der Waals surface area (Å²) in [5, 5.41) is 2.29. The molecule has 2 aliphatic rings. The van der Waals surface area contributed by atoms with Crippen LogP contribution in [0.3, 0.4) is 0 Å². The lowest BCUT2D eigenvalue weighted by molar-refractivity contribution is 0.160. The van der Waals surface area contributed by atoms with Gasteiger partial charge in [-0.25, -0.2) is 0 Å². The molecule has 0 aliphatic carbocycles. The van der Waals surface area contributed by atoms with Crippen molar-refractivity contribution in [1.29, 1.82) is 0 Å². The maximum atomic E-state index is 13.3. The number of halogens is 3. The van der Waals surface area contributed by atoms with Gasteiger partial charge in [0.15, 0.2) is 0 Å². The third-order valence-electron chi connectivity index (χ3n) is 7.72. The SMILES string of the molecule is CN1C2CCC1CC(c1cc3c(ccc(=O)n3-c3c(Cl)cccc3Cl)c(-c3ccccc3Cl)n1)C2.